The standard InChI is InChI=1S/C24H25N3O9/c1-34-22(29)15-10-16(23(30)35-2)12-17(11-15)25-21(28)14-36-24(31)19-13-18(27(32)33)6-7-20(19)26-8-4-3-5-9-26/h6-7,10-13H,3-5,8-9,14H2,1-2H3,(H,25,28). The molecule has 2 aromatic rings. The van der Waals surface area contributed by atoms with E-state index >= 15 is 0 Å². The number of benzene rings is 2. The van der Waals surface area contributed by atoms with Crippen molar-refractivity contribution in [1.29, 1.82) is 0 Å². The number of methoxy groups -OCH3 is 2. The third-order valence-corrected chi connectivity index (χ3v) is 5.50. The minimum Gasteiger partial charge on any atom is -0.465 e. The largest absolute Gasteiger partial charge is 0.465 e. The van der Waals surface area contributed by atoms with Crippen molar-refractivity contribution in [3.63, 3.8) is 0 Å². The van der Waals surface area contributed by atoms with E-state index < -0.39 is 35.3 Å². The van der Waals surface area contributed by atoms with Crippen LogP contribution in [0.2, 0.25) is 0 Å². The summed E-state index contributed by atoms with van der Waals surface area (Å²) in [6.45, 7) is 0.673. The third-order valence-electron chi connectivity index (χ3n) is 5.50. The molecule has 2 aromatic carbocycles. The van der Waals surface area contributed by atoms with Crippen molar-refractivity contribution in [1.82, 2.24) is 0 Å². The van der Waals surface area contributed by atoms with Gasteiger partial charge in [0, 0.05) is 30.9 Å². The van der Waals surface area contributed by atoms with E-state index in [0.29, 0.717) is 18.8 Å². The second-order valence-corrected chi connectivity index (χ2v) is 7.91. The summed E-state index contributed by atoms with van der Waals surface area (Å²) in [6, 6.07) is 7.78. The third kappa shape index (κ3) is 6.34. The highest BCUT2D eigenvalue weighted by Crippen LogP contribution is 2.28. The van der Waals surface area contributed by atoms with E-state index in [9.17, 15) is 29.3 Å². The molecule has 1 N–H and O–H groups in total. The van der Waals surface area contributed by atoms with Gasteiger partial charge in [-0.15, -0.1) is 0 Å². The zero-order valence-corrected chi connectivity index (χ0v) is 19.8. The summed E-state index contributed by atoms with van der Waals surface area (Å²) in [5.41, 5.74) is 0.274. The number of nitrogens with zero attached hydrogens (tertiary/aromatic N) is 2. The van der Waals surface area contributed by atoms with Gasteiger partial charge in [0.15, 0.2) is 6.61 Å². The van der Waals surface area contributed by atoms with Crippen LogP contribution in [0.25, 0.3) is 0 Å². The van der Waals surface area contributed by atoms with E-state index in [2.05, 4.69) is 14.8 Å². The number of nitrogens with one attached hydrogen (secondary N) is 1. The van der Waals surface area contributed by atoms with E-state index in [-0.39, 0.29) is 28.1 Å². The Bertz CT molecular complexity index is 1160. The quantitative estimate of drug-likeness (QED) is 0.248. The molecule has 1 saturated heterocycles. The maximum absolute atomic E-state index is 12.8. The SMILES string of the molecule is COC(=O)c1cc(NC(=O)COC(=O)c2cc([N+](=O)[O-])ccc2N2CCCCC2)cc(C(=O)OC)c1. The Labute approximate surface area is 206 Å². The van der Waals surface area contributed by atoms with Crippen molar-refractivity contribution < 1.29 is 38.3 Å². The van der Waals surface area contributed by atoms with Gasteiger partial charge in [0.05, 0.1) is 41.5 Å². The van der Waals surface area contributed by atoms with Crippen LogP contribution in [-0.4, -0.2) is 62.7 Å². The van der Waals surface area contributed by atoms with E-state index in [1.54, 1.807) is 0 Å². The van der Waals surface area contributed by atoms with Crippen molar-refractivity contribution in [2.24, 2.45) is 0 Å². The molecule has 0 radical (unpaired) electrons. The Morgan fingerprint density at radius 3 is 2.08 bits per heavy atom. The topological polar surface area (TPSA) is 154 Å². The lowest BCUT2D eigenvalue weighted by molar-refractivity contribution is -0.384. The van der Waals surface area contributed by atoms with Crippen LogP contribution in [0.3, 0.4) is 0 Å². The van der Waals surface area contributed by atoms with Crippen LogP contribution in [0.4, 0.5) is 17.1 Å². The average molecular weight is 499 g/mol. The molecular weight excluding hydrogens is 474 g/mol. The number of carbonyl (C=O) groups excluding carboxylic acids is 4. The maximum Gasteiger partial charge on any atom is 0.341 e. The Hall–Kier alpha value is -4.48. The fraction of sp³-hybridized carbons (Fsp3) is 0.333. The number of amides is 1. The second kappa shape index (κ2) is 11.8. The molecule has 190 valence electrons. The fourth-order valence-electron chi connectivity index (χ4n) is 3.79. The summed E-state index contributed by atoms with van der Waals surface area (Å²) in [5.74, 6) is -3.13. The predicted molar refractivity (Wildman–Crippen MR) is 127 cm³/mol. The highest BCUT2D eigenvalue weighted by molar-refractivity contribution is 6.01. The zero-order valence-electron chi connectivity index (χ0n) is 19.8. The first kappa shape index (κ1) is 26.1. The molecule has 36 heavy (non-hydrogen) atoms. The van der Waals surface area contributed by atoms with Crippen LogP contribution in [-0.2, 0) is 19.0 Å². The van der Waals surface area contributed by atoms with Crippen molar-refractivity contribution in [2.75, 3.05) is 44.1 Å². The smallest absolute Gasteiger partial charge is 0.341 e. The van der Waals surface area contributed by atoms with Gasteiger partial charge >= 0.3 is 17.9 Å². The molecule has 1 amide bonds. The van der Waals surface area contributed by atoms with Crippen molar-refractivity contribution in [3.8, 4) is 0 Å². The molecule has 0 unspecified atom stereocenters. The molecule has 0 saturated carbocycles. The summed E-state index contributed by atoms with van der Waals surface area (Å²) >= 11 is 0. The van der Waals surface area contributed by atoms with Crippen molar-refractivity contribution in [3.05, 3.63) is 63.2 Å². The van der Waals surface area contributed by atoms with E-state index in [4.69, 9.17) is 4.74 Å². The van der Waals surface area contributed by atoms with Crippen LogP contribution in [0.1, 0.15) is 50.3 Å². The Balaban J connectivity index is 1.75. The van der Waals surface area contributed by atoms with Gasteiger partial charge in [-0.2, -0.15) is 0 Å². The normalized spacial score (nSPS) is 12.9. The van der Waals surface area contributed by atoms with E-state index in [0.717, 1.165) is 39.5 Å². The van der Waals surface area contributed by atoms with Crippen molar-refractivity contribution in [2.45, 2.75) is 19.3 Å². The number of anilines is 2. The highest BCUT2D eigenvalue weighted by atomic mass is 16.6. The van der Waals surface area contributed by atoms with Gasteiger partial charge in [0.2, 0.25) is 0 Å². The maximum atomic E-state index is 12.8. The van der Waals surface area contributed by atoms with Gasteiger partial charge < -0.3 is 24.4 Å². The average Bonchev–Trinajstić information content (AvgIpc) is 2.90. The number of nitro benzene ring substituents is 1. The lowest BCUT2D eigenvalue weighted by Crippen LogP contribution is -2.31. The monoisotopic (exact) mass is 499 g/mol. The highest BCUT2D eigenvalue weighted by Gasteiger charge is 2.24. The molecule has 1 aliphatic rings. The molecule has 1 aliphatic heterocycles. The fourth-order valence-corrected chi connectivity index (χ4v) is 3.79. The van der Waals surface area contributed by atoms with Gasteiger partial charge in [-0.3, -0.25) is 14.9 Å². The van der Waals surface area contributed by atoms with E-state index in [1.165, 1.54) is 30.3 Å². The molecule has 0 aliphatic carbocycles. The van der Waals surface area contributed by atoms with Crippen LogP contribution in [0, 0.1) is 10.1 Å². The number of hydrogen-bond donors (Lipinski definition) is 1. The first-order chi connectivity index (χ1) is 17.2. The Morgan fingerprint density at radius 1 is 0.917 bits per heavy atom. The Morgan fingerprint density at radius 2 is 1.53 bits per heavy atom. The molecule has 12 nitrogen and oxygen atoms in total. The molecule has 1 heterocycles. The number of rotatable bonds is 8. The van der Waals surface area contributed by atoms with E-state index in [1.807, 2.05) is 4.90 Å². The molecule has 0 bridgehead atoms. The predicted octanol–water partition coefficient (Wildman–Crippen LogP) is 2.95. The molecular formula is C24H25N3O9. The first-order valence-electron chi connectivity index (χ1n) is 11.1. The number of hydrogen-bond acceptors (Lipinski definition) is 10. The molecule has 1 fully saturated rings. The molecule has 12 heteroatoms. The summed E-state index contributed by atoms with van der Waals surface area (Å²) in [7, 11) is 2.33. The summed E-state index contributed by atoms with van der Waals surface area (Å²) in [4.78, 5) is 61.7. The minimum atomic E-state index is -0.895. The number of esters is 3. The zero-order chi connectivity index (χ0) is 26.2. The minimum absolute atomic E-state index is 0.00420. The number of carbonyl (C=O) groups is 4. The second-order valence-electron chi connectivity index (χ2n) is 7.91. The molecule has 0 spiro atoms. The number of ether oxygens (including phenoxy) is 3. The lowest BCUT2D eigenvalue weighted by atomic mass is 10.1. The molecule has 0 aromatic heterocycles. The number of piperidine rings is 1. The lowest BCUT2D eigenvalue weighted by Gasteiger charge is -2.30. The number of non-ortho nitro benzene ring substituents is 1. The summed E-state index contributed by atoms with van der Waals surface area (Å²) < 4.78 is 14.5. The van der Waals surface area contributed by atoms with Crippen LogP contribution in [0.15, 0.2) is 36.4 Å². The van der Waals surface area contributed by atoms with Gasteiger partial charge in [0.25, 0.3) is 11.6 Å². The van der Waals surface area contributed by atoms with Crippen molar-refractivity contribution >= 4 is 40.9 Å². The van der Waals surface area contributed by atoms with Gasteiger partial charge in [-0.25, -0.2) is 14.4 Å². The van der Waals surface area contributed by atoms with Crippen LogP contribution < -0.4 is 10.2 Å². The first-order valence-corrected chi connectivity index (χ1v) is 11.1. The van der Waals surface area contributed by atoms with Gasteiger partial charge in [0.1, 0.15) is 0 Å². The number of nitro groups is 1. The van der Waals surface area contributed by atoms with Gasteiger partial charge in [-0.1, -0.05) is 0 Å². The molecule has 0 atom stereocenters. The molecule has 3 rings (SSSR count). The van der Waals surface area contributed by atoms with Gasteiger partial charge in [-0.05, 0) is 43.5 Å². The van der Waals surface area contributed by atoms with Crippen LogP contribution in [0.5, 0.6) is 0 Å². The Kier molecular flexibility index (Phi) is 8.55. The van der Waals surface area contributed by atoms with Crippen LogP contribution >= 0.6 is 0 Å². The summed E-state index contributed by atoms with van der Waals surface area (Å²) in [6.07, 6.45) is 2.90. The summed E-state index contributed by atoms with van der Waals surface area (Å²) in [5, 5.41) is 13.7.